The van der Waals surface area contributed by atoms with E-state index in [9.17, 15) is 27.9 Å². The van der Waals surface area contributed by atoms with Crippen molar-refractivity contribution in [2.75, 3.05) is 0 Å². The van der Waals surface area contributed by atoms with Crippen molar-refractivity contribution < 1.29 is 27.5 Å². The highest BCUT2D eigenvalue weighted by Gasteiger charge is 2.31. The van der Waals surface area contributed by atoms with E-state index in [1.165, 1.54) is 42.6 Å². The van der Waals surface area contributed by atoms with Crippen LogP contribution in [-0.2, 0) is 6.18 Å². The van der Waals surface area contributed by atoms with Gasteiger partial charge in [-0.05, 0) is 54.6 Å². The summed E-state index contributed by atoms with van der Waals surface area (Å²) in [7, 11) is 0. The Morgan fingerprint density at radius 2 is 1.79 bits per heavy atom. The third kappa shape index (κ3) is 4.81. The quantitative estimate of drug-likeness (QED) is 0.255. The zero-order chi connectivity index (χ0) is 27.0. The van der Waals surface area contributed by atoms with E-state index in [4.69, 9.17) is 16.0 Å². The van der Waals surface area contributed by atoms with Gasteiger partial charge in [-0.3, -0.25) is 4.79 Å². The maximum absolute atomic E-state index is 13.3. The third-order valence-electron chi connectivity index (χ3n) is 5.61. The first-order chi connectivity index (χ1) is 18.1. The summed E-state index contributed by atoms with van der Waals surface area (Å²) in [6.07, 6.45) is -3.37. The van der Waals surface area contributed by atoms with Gasteiger partial charge in [-0.25, -0.2) is 9.78 Å². The summed E-state index contributed by atoms with van der Waals surface area (Å²) in [4.78, 5) is 29.1. The summed E-state index contributed by atoms with van der Waals surface area (Å²) < 4.78 is 46.7. The number of carboxylic acids is 1. The third-order valence-corrected chi connectivity index (χ3v) is 5.94. The van der Waals surface area contributed by atoms with Gasteiger partial charge in [0.25, 0.3) is 5.56 Å². The fourth-order valence-electron chi connectivity index (χ4n) is 3.79. The number of hydrogen-bond acceptors (Lipinski definition) is 5. The van der Waals surface area contributed by atoms with Crippen molar-refractivity contribution in [1.29, 1.82) is 0 Å². The molecule has 38 heavy (non-hydrogen) atoms. The van der Waals surface area contributed by atoms with E-state index < -0.39 is 23.3 Å². The minimum Gasteiger partial charge on any atom is -0.478 e. The molecule has 1 N–H and O–H groups in total. The maximum Gasteiger partial charge on any atom is 0.416 e. The monoisotopic (exact) mass is 537 g/mol. The van der Waals surface area contributed by atoms with Crippen LogP contribution in [0, 0.1) is 0 Å². The number of nitrogens with zero attached hydrogens (tertiary/aromatic N) is 3. The van der Waals surface area contributed by atoms with Gasteiger partial charge in [0.2, 0.25) is 0 Å². The van der Waals surface area contributed by atoms with Crippen molar-refractivity contribution in [3.8, 4) is 22.7 Å². The van der Waals surface area contributed by atoms with E-state index in [1.807, 2.05) is 0 Å². The molecule has 0 amide bonds. The van der Waals surface area contributed by atoms with Gasteiger partial charge in [0, 0.05) is 11.1 Å². The Labute approximate surface area is 217 Å². The summed E-state index contributed by atoms with van der Waals surface area (Å²) in [5.41, 5.74) is -0.797. The summed E-state index contributed by atoms with van der Waals surface area (Å²) in [5, 5.41) is 13.8. The predicted molar refractivity (Wildman–Crippen MR) is 136 cm³/mol. The van der Waals surface area contributed by atoms with Crippen LogP contribution >= 0.6 is 11.6 Å². The van der Waals surface area contributed by atoms with Crippen LogP contribution in [-0.4, -0.2) is 27.0 Å². The molecule has 3 aromatic carbocycles. The Kier molecular flexibility index (Phi) is 6.33. The number of carboxylic acid groups (broad SMARTS) is 1. The molecule has 0 atom stereocenters. The number of fused-ring (bicyclic) bond motifs is 1. The van der Waals surface area contributed by atoms with Crippen molar-refractivity contribution in [3.63, 3.8) is 0 Å². The van der Waals surface area contributed by atoms with E-state index in [-0.39, 0.29) is 33.1 Å². The minimum absolute atomic E-state index is 0.0438. The predicted octanol–water partition coefficient (Wildman–Crippen LogP) is 6.58. The zero-order valence-corrected chi connectivity index (χ0v) is 19.9. The van der Waals surface area contributed by atoms with Crippen LogP contribution < -0.4 is 5.56 Å². The lowest BCUT2D eigenvalue weighted by atomic mass is 10.1. The molecule has 7 nitrogen and oxygen atoms in total. The second-order valence-electron chi connectivity index (χ2n) is 8.09. The molecule has 11 heteroatoms. The number of halogens is 4. The smallest absolute Gasteiger partial charge is 0.416 e. The highest BCUT2D eigenvalue weighted by atomic mass is 35.5. The Morgan fingerprint density at radius 1 is 1.00 bits per heavy atom. The standard InChI is InChI=1S/C27H15ClF3N3O4/c28-21-10-8-15(13-20(21)26(36)37)23-11-9-18(38-23)14-32-34-24(16-4-3-5-17(12-16)27(29,30)31)33-22-7-2-1-6-19(22)25(34)35/h1-14H,(H,36,37). The molecule has 0 fully saturated rings. The number of aromatic nitrogens is 2. The number of alkyl halides is 3. The number of benzene rings is 3. The zero-order valence-electron chi connectivity index (χ0n) is 19.1. The van der Waals surface area contributed by atoms with Gasteiger partial charge in [-0.1, -0.05) is 35.9 Å². The molecular weight excluding hydrogens is 523 g/mol. The molecule has 0 spiro atoms. The number of rotatable bonds is 5. The Bertz CT molecular complexity index is 1790. The number of aromatic carboxylic acids is 1. The first-order valence-corrected chi connectivity index (χ1v) is 11.4. The molecule has 2 heterocycles. The van der Waals surface area contributed by atoms with Crippen molar-refractivity contribution in [2.45, 2.75) is 6.18 Å². The van der Waals surface area contributed by atoms with E-state index in [0.717, 1.165) is 16.8 Å². The molecule has 2 aromatic heterocycles. The average Bonchev–Trinajstić information content (AvgIpc) is 3.37. The summed E-state index contributed by atoms with van der Waals surface area (Å²) in [6, 6.07) is 18.4. The van der Waals surface area contributed by atoms with Crippen LogP contribution in [0.5, 0.6) is 0 Å². The molecule has 0 saturated heterocycles. The molecule has 0 aliphatic carbocycles. The molecule has 190 valence electrons. The Morgan fingerprint density at radius 3 is 2.55 bits per heavy atom. The molecule has 0 unspecified atom stereocenters. The van der Waals surface area contributed by atoms with E-state index in [2.05, 4.69) is 10.1 Å². The van der Waals surface area contributed by atoms with Gasteiger partial charge in [-0.2, -0.15) is 22.9 Å². The van der Waals surface area contributed by atoms with E-state index in [0.29, 0.717) is 16.8 Å². The van der Waals surface area contributed by atoms with Gasteiger partial charge in [0.15, 0.2) is 5.82 Å². The number of furan rings is 1. The van der Waals surface area contributed by atoms with E-state index in [1.54, 1.807) is 30.3 Å². The summed E-state index contributed by atoms with van der Waals surface area (Å²) >= 11 is 5.92. The van der Waals surface area contributed by atoms with Gasteiger partial charge >= 0.3 is 12.1 Å². The molecule has 5 rings (SSSR count). The fourth-order valence-corrected chi connectivity index (χ4v) is 3.99. The van der Waals surface area contributed by atoms with Crippen molar-refractivity contribution in [3.05, 3.63) is 111 Å². The first-order valence-electron chi connectivity index (χ1n) is 11.0. The number of hydrogen-bond donors (Lipinski definition) is 1. The first kappa shape index (κ1) is 25.0. The molecular formula is C27H15ClF3N3O4. The lowest BCUT2D eigenvalue weighted by Gasteiger charge is -2.11. The maximum atomic E-state index is 13.3. The number of carbonyl (C=O) groups is 1. The minimum atomic E-state index is -4.59. The lowest BCUT2D eigenvalue weighted by molar-refractivity contribution is -0.137. The SMILES string of the molecule is O=C(O)c1cc(-c2ccc(C=Nn3c(-c4cccc(C(F)(F)F)c4)nc4ccccc4c3=O)o2)ccc1Cl. The second-order valence-corrected chi connectivity index (χ2v) is 8.50. The molecule has 0 bridgehead atoms. The van der Waals surface area contributed by atoms with Gasteiger partial charge in [-0.15, -0.1) is 0 Å². The fraction of sp³-hybridized carbons (Fsp3) is 0.0370. The van der Waals surface area contributed by atoms with Crippen LogP contribution in [0.2, 0.25) is 5.02 Å². The molecule has 0 aliphatic rings. The van der Waals surface area contributed by atoms with Crippen LogP contribution in [0.15, 0.2) is 93.2 Å². The Balaban J connectivity index is 1.59. The normalized spacial score (nSPS) is 11.9. The van der Waals surface area contributed by atoms with Crippen LogP contribution in [0.3, 0.4) is 0 Å². The largest absolute Gasteiger partial charge is 0.478 e. The average molecular weight is 538 g/mol. The van der Waals surface area contributed by atoms with Crippen molar-refractivity contribution >= 4 is 34.7 Å². The van der Waals surface area contributed by atoms with E-state index >= 15 is 0 Å². The number of para-hydroxylation sites is 1. The summed E-state index contributed by atoms with van der Waals surface area (Å²) in [6.45, 7) is 0. The second kappa shape index (κ2) is 9.64. The summed E-state index contributed by atoms with van der Waals surface area (Å²) in [5.74, 6) is -0.781. The topological polar surface area (TPSA) is 97.7 Å². The molecule has 5 aromatic rings. The van der Waals surface area contributed by atoms with Crippen LogP contribution in [0.1, 0.15) is 21.7 Å². The van der Waals surface area contributed by atoms with Crippen molar-refractivity contribution in [2.24, 2.45) is 5.10 Å². The van der Waals surface area contributed by atoms with Gasteiger partial charge < -0.3 is 9.52 Å². The lowest BCUT2D eigenvalue weighted by Crippen LogP contribution is -2.20. The van der Waals surface area contributed by atoms with Gasteiger partial charge in [0.1, 0.15) is 11.5 Å². The van der Waals surface area contributed by atoms with Gasteiger partial charge in [0.05, 0.1) is 33.3 Å². The van der Waals surface area contributed by atoms with Crippen molar-refractivity contribution in [1.82, 2.24) is 9.66 Å². The highest BCUT2D eigenvalue weighted by molar-refractivity contribution is 6.33. The molecule has 0 aliphatic heterocycles. The van der Waals surface area contributed by atoms with Crippen LogP contribution in [0.4, 0.5) is 13.2 Å². The Hall–Kier alpha value is -4.70. The van der Waals surface area contributed by atoms with Crippen LogP contribution in [0.25, 0.3) is 33.6 Å². The molecule has 0 radical (unpaired) electrons. The highest BCUT2D eigenvalue weighted by Crippen LogP contribution is 2.32. The molecule has 0 saturated carbocycles.